The smallest absolute Gasteiger partial charge is 0.245 e. The summed E-state index contributed by atoms with van der Waals surface area (Å²) < 4.78 is 0. The average Bonchev–Trinajstić information content (AvgIpc) is 0.845. The molecule has 4 rings (SSSR count). The van der Waals surface area contributed by atoms with Crippen molar-refractivity contribution in [2.75, 3.05) is 37.7 Å². The Morgan fingerprint density at radius 3 is 1.26 bits per heavy atom. The van der Waals surface area contributed by atoms with Gasteiger partial charge < -0.3 is 113 Å². The standard InChI is InChI=1S/C68H100N18O18S2/c1-36(71)57(93)74-32-53(91)76-51-35-106-105-34-50(56(73)92)84-65(101)49(33-87)83-68(104)55(39(4)89)86-64(100)47(30-42-22-12-7-13-23-42)82-67(103)54(38(3)88)85-60(96)44(25-15-17-27-70)77-58(94)37(2)75-61(97)45(28-40-18-8-5-9-19-40)79-62(98)46(29-41-20-10-6-11-21-41)80-63(99)48(31-52(72)90)81-59(95)43(78-66(51)102)24-14-16-26-69/h5-13,18-23,36-39,43-51,54-55,87-89H,14-17,24-35,69-71H2,1-4H3,(H2,72,90)(H2,73,92)(H,74,93)(H,75,97)(H,76,91)(H,77,94)(H,78,102)(H,79,98)(H,80,99)(H,81,95)(H,82,103)(H,83,104)(H,84,101)(H,85,96)(H,86,100)/t36-,37-,38+,39+,43-,44-,45-,46-,47-,48-,49-,50-,51-,54+,55-/m0/s1. The van der Waals surface area contributed by atoms with E-state index in [0.717, 1.165) is 35.4 Å². The van der Waals surface area contributed by atoms with E-state index in [1.807, 2.05) is 0 Å². The van der Waals surface area contributed by atoms with Crippen molar-refractivity contribution in [2.24, 2.45) is 28.7 Å². The molecule has 15 amide bonds. The molecule has 0 spiro atoms. The third-order valence-corrected chi connectivity index (χ3v) is 18.8. The van der Waals surface area contributed by atoms with Crippen molar-refractivity contribution < 1.29 is 87.2 Å². The van der Waals surface area contributed by atoms with Crippen LogP contribution in [0.1, 0.15) is 89.3 Å². The molecule has 0 saturated carbocycles. The number of nitrogens with two attached hydrogens (primary N) is 5. The highest BCUT2D eigenvalue weighted by Crippen LogP contribution is 2.24. The topological polar surface area (TPSA) is 603 Å². The van der Waals surface area contributed by atoms with E-state index < -0.39 is 210 Å². The molecule has 3 aromatic rings. The molecule has 38 heteroatoms. The second kappa shape index (κ2) is 46.2. The van der Waals surface area contributed by atoms with E-state index >= 15 is 0 Å². The third-order valence-electron chi connectivity index (χ3n) is 16.3. The van der Waals surface area contributed by atoms with Crippen LogP contribution in [0.4, 0.5) is 0 Å². The Morgan fingerprint density at radius 1 is 0.472 bits per heavy atom. The van der Waals surface area contributed by atoms with E-state index in [-0.39, 0.29) is 58.0 Å². The Kier molecular flexibility index (Phi) is 38.6. The summed E-state index contributed by atoms with van der Waals surface area (Å²) in [6.45, 7) is 3.28. The van der Waals surface area contributed by atoms with Crippen molar-refractivity contribution >= 4 is 110 Å². The van der Waals surface area contributed by atoms with E-state index in [4.69, 9.17) is 28.7 Å². The number of unbranched alkanes of at least 4 members (excludes halogenated alkanes) is 2. The number of hydrogen-bond donors (Lipinski definition) is 21. The van der Waals surface area contributed by atoms with Gasteiger partial charge in [-0.1, -0.05) is 113 Å². The molecule has 1 heterocycles. The summed E-state index contributed by atoms with van der Waals surface area (Å²) in [5.74, 6) is -16.7. The monoisotopic (exact) mass is 1520 g/mol. The van der Waals surface area contributed by atoms with Gasteiger partial charge in [-0.05, 0) is 96.0 Å². The van der Waals surface area contributed by atoms with E-state index in [9.17, 15) is 87.2 Å². The number of amides is 15. The minimum Gasteiger partial charge on any atom is -0.394 e. The van der Waals surface area contributed by atoms with Crippen LogP contribution in [0, 0.1) is 0 Å². The van der Waals surface area contributed by atoms with Crippen molar-refractivity contribution in [1.82, 2.24) is 69.1 Å². The maximum Gasteiger partial charge on any atom is 0.245 e. The molecule has 1 saturated heterocycles. The highest BCUT2D eigenvalue weighted by atomic mass is 33.1. The van der Waals surface area contributed by atoms with Crippen LogP contribution in [0.25, 0.3) is 0 Å². The van der Waals surface area contributed by atoms with Crippen molar-refractivity contribution in [1.29, 1.82) is 0 Å². The van der Waals surface area contributed by atoms with Gasteiger partial charge in [-0.3, -0.25) is 71.9 Å². The summed E-state index contributed by atoms with van der Waals surface area (Å²) in [5, 5.41) is 64.3. The van der Waals surface area contributed by atoms with Gasteiger partial charge in [-0.15, -0.1) is 0 Å². The molecule has 1 aliphatic rings. The minimum absolute atomic E-state index is 0.119. The van der Waals surface area contributed by atoms with E-state index in [1.165, 1.54) is 13.8 Å². The largest absolute Gasteiger partial charge is 0.394 e. The minimum atomic E-state index is -1.95. The Balaban J connectivity index is 1.87. The maximum atomic E-state index is 14.8. The van der Waals surface area contributed by atoms with Crippen LogP contribution < -0.4 is 97.8 Å². The van der Waals surface area contributed by atoms with Crippen LogP contribution in [0.15, 0.2) is 91.0 Å². The molecule has 582 valence electrons. The molecule has 0 aliphatic carbocycles. The maximum absolute atomic E-state index is 14.8. The average molecular weight is 1520 g/mol. The number of primary amides is 2. The summed E-state index contributed by atoms with van der Waals surface area (Å²) in [7, 11) is 1.63. The van der Waals surface area contributed by atoms with Gasteiger partial charge in [0.15, 0.2) is 0 Å². The SMILES string of the molecule is C[C@H](N)C(=O)NCC(=O)N[C@H]1CSSC[C@@H](C(N)=O)NC(=O)[C@H](CO)NC(=O)[C@H]([C@@H](C)O)NC(=O)[C@H](Cc2ccccc2)NC(=O)[C@@H]([C@@H](C)O)NC(=O)[C@H](CCCCN)NC(=O)[C@H](C)NC(=O)[C@H](Cc2ccccc2)NC(=O)[C@H](Cc2ccccc2)NC(=O)[C@H](CC(N)=O)NC(=O)[C@H](CCCCN)NC1=O. The van der Waals surface area contributed by atoms with Crippen molar-refractivity contribution in [3.05, 3.63) is 108 Å². The highest BCUT2D eigenvalue weighted by Gasteiger charge is 2.39. The van der Waals surface area contributed by atoms with Crippen molar-refractivity contribution in [2.45, 2.75) is 183 Å². The number of rotatable bonds is 24. The molecule has 1 aliphatic heterocycles. The fourth-order valence-electron chi connectivity index (χ4n) is 10.4. The number of carbonyl (C=O) groups excluding carboxylic acids is 15. The Bertz CT molecular complexity index is 3460. The van der Waals surface area contributed by atoms with E-state index in [1.54, 1.807) is 91.0 Å². The molecule has 0 aromatic heterocycles. The van der Waals surface area contributed by atoms with Crippen LogP contribution in [0.2, 0.25) is 0 Å². The number of carbonyl (C=O) groups is 15. The molecule has 0 radical (unpaired) electrons. The second-order valence-corrected chi connectivity index (χ2v) is 27.8. The zero-order valence-corrected chi connectivity index (χ0v) is 60.9. The van der Waals surface area contributed by atoms with Crippen LogP contribution in [0.5, 0.6) is 0 Å². The van der Waals surface area contributed by atoms with E-state index in [0.29, 0.717) is 29.5 Å². The predicted octanol–water partition coefficient (Wildman–Crippen LogP) is -7.22. The van der Waals surface area contributed by atoms with Gasteiger partial charge in [0.25, 0.3) is 0 Å². The molecule has 26 N–H and O–H groups in total. The highest BCUT2D eigenvalue weighted by molar-refractivity contribution is 8.76. The van der Waals surface area contributed by atoms with Gasteiger partial charge >= 0.3 is 0 Å². The molecule has 0 unspecified atom stereocenters. The summed E-state index contributed by atoms with van der Waals surface area (Å²) in [6.07, 6.45) is -4.45. The lowest BCUT2D eigenvalue weighted by Crippen LogP contribution is -2.63. The van der Waals surface area contributed by atoms with Crippen LogP contribution in [-0.2, 0) is 91.2 Å². The molecule has 3 aromatic carbocycles. The van der Waals surface area contributed by atoms with Gasteiger partial charge in [-0.25, -0.2) is 0 Å². The molecular weight excluding hydrogens is 1420 g/mol. The van der Waals surface area contributed by atoms with Crippen LogP contribution in [0.3, 0.4) is 0 Å². The second-order valence-electron chi connectivity index (χ2n) is 25.3. The first kappa shape index (κ1) is 88.6. The zero-order chi connectivity index (χ0) is 78.6. The first-order chi connectivity index (χ1) is 50.3. The summed E-state index contributed by atoms with van der Waals surface area (Å²) in [5.41, 5.74) is 30.0. The number of aliphatic hydroxyl groups excluding tert-OH is 3. The lowest BCUT2D eigenvalue weighted by Gasteiger charge is -2.29. The van der Waals surface area contributed by atoms with Gasteiger partial charge in [0, 0.05) is 30.8 Å². The summed E-state index contributed by atoms with van der Waals surface area (Å²) in [4.78, 5) is 210. The Morgan fingerprint density at radius 2 is 0.840 bits per heavy atom. The zero-order valence-electron chi connectivity index (χ0n) is 59.3. The number of benzene rings is 3. The van der Waals surface area contributed by atoms with Crippen LogP contribution in [-0.4, -0.2) is 232 Å². The molecule has 15 atom stereocenters. The predicted molar refractivity (Wildman–Crippen MR) is 390 cm³/mol. The van der Waals surface area contributed by atoms with Gasteiger partial charge in [0.2, 0.25) is 88.6 Å². The quantitative estimate of drug-likeness (QED) is 0.0293. The lowest BCUT2D eigenvalue weighted by molar-refractivity contribution is -0.138. The number of aliphatic hydroxyl groups is 3. The fraction of sp³-hybridized carbons (Fsp3) is 0.515. The summed E-state index contributed by atoms with van der Waals surface area (Å²) in [6, 6.07) is 3.37. The normalized spacial score (nSPS) is 24.7. The number of hydrogen-bond acceptors (Lipinski definition) is 23. The van der Waals surface area contributed by atoms with Gasteiger partial charge in [-0.2, -0.15) is 0 Å². The van der Waals surface area contributed by atoms with E-state index in [2.05, 4.69) is 69.1 Å². The first-order valence-electron chi connectivity index (χ1n) is 34.3. The molecule has 0 bridgehead atoms. The number of nitrogens with one attached hydrogen (secondary N) is 13. The Labute approximate surface area is 620 Å². The molecule has 36 nitrogen and oxygen atoms in total. The Hall–Kier alpha value is -9.83. The van der Waals surface area contributed by atoms with Crippen molar-refractivity contribution in [3.63, 3.8) is 0 Å². The van der Waals surface area contributed by atoms with Crippen molar-refractivity contribution in [3.8, 4) is 0 Å². The van der Waals surface area contributed by atoms with Crippen LogP contribution >= 0.6 is 21.6 Å². The molecular formula is C68H100N18O18S2. The lowest BCUT2D eigenvalue weighted by atomic mass is 10.0. The fourth-order valence-corrected chi connectivity index (χ4v) is 12.7. The van der Waals surface area contributed by atoms with Gasteiger partial charge in [0.1, 0.15) is 72.5 Å². The first-order valence-corrected chi connectivity index (χ1v) is 36.8. The third kappa shape index (κ3) is 31.1. The molecule has 106 heavy (non-hydrogen) atoms. The molecule has 1 fully saturated rings. The summed E-state index contributed by atoms with van der Waals surface area (Å²) >= 11 is 0. The van der Waals surface area contributed by atoms with Gasteiger partial charge in [0.05, 0.1) is 37.8 Å².